The van der Waals surface area contributed by atoms with Gasteiger partial charge in [-0.25, -0.2) is 4.98 Å². The average Bonchev–Trinajstić information content (AvgIpc) is 2.10. The van der Waals surface area contributed by atoms with Crippen LogP contribution in [-0.4, -0.2) is 11.0 Å². The maximum Gasteiger partial charge on any atom is 0.184 e. The van der Waals surface area contributed by atoms with Gasteiger partial charge in [-0.05, 0) is 36.7 Å². The van der Waals surface area contributed by atoms with Crippen LogP contribution in [0.5, 0.6) is 0 Å². The Morgan fingerprint density at radius 2 is 2.18 bits per heavy atom. The first-order valence-electron chi connectivity index (χ1n) is 3.49. The Hall–Kier alpha value is -0.0900. The van der Waals surface area contributed by atoms with Crippen molar-refractivity contribution in [3.63, 3.8) is 0 Å². The highest BCUT2D eigenvalue weighted by atomic mass is 79.9. The van der Waals surface area contributed by atoms with Gasteiger partial charge >= 0.3 is 0 Å². The van der Waals surface area contributed by atoms with Gasteiger partial charge in [-0.15, -0.1) is 0 Å². The number of hydrogen-bond donors (Lipinski definition) is 1. The summed E-state index contributed by atoms with van der Waals surface area (Å²) in [4.78, 5) is 4.31. The van der Waals surface area contributed by atoms with E-state index in [0.717, 1.165) is 14.6 Å². The summed E-state index contributed by atoms with van der Waals surface area (Å²) in [5.74, 6) is 0. The average molecular weight is 235 g/mol. The molecule has 0 saturated carbocycles. The first kappa shape index (κ1) is 9.00. The molecule has 0 unspecified atom stereocenters. The number of anilines is 1. The van der Waals surface area contributed by atoms with Crippen LogP contribution in [0.1, 0.15) is 19.5 Å². The Morgan fingerprint density at radius 3 is 2.55 bits per heavy atom. The van der Waals surface area contributed by atoms with Gasteiger partial charge in [0, 0.05) is 6.04 Å². The zero-order chi connectivity index (χ0) is 8.43. The number of nitrogens with one attached hydrogen (secondary N) is 1. The summed E-state index contributed by atoms with van der Waals surface area (Å²) in [5.41, 5.74) is 1.05. The van der Waals surface area contributed by atoms with E-state index in [9.17, 15) is 0 Å². The van der Waals surface area contributed by atoms with Crippen molar-refractivity contribution in [3.8, 4) is 0 Å². The summed E-state index contributed by atoms with van der Waals surface area (Å²) < 4.78 is 1.11. The summed E-state index contributed by atoms with van der Waals surface area (Å²) in [6.07, 6.45) is 0. The molecule has 1 aromatic rings. The fourth-order valence-corrected chi connectivity index (χ4v) is 2.08. The normalized spacial score (nSPS) is 10.6. The van der Waals surface area contributed by atoms with Gasteiger partial charge in [-0.1, -0.05) is 11.3 Å². The molecule has 1 rings (SSSR count). The predicted octanol–water partition coefficient (Wildman–Crippen LogP) is 3.03. The maximum atomic E-state index is 4.31. The number of thiazole rings is 1. The highest BCUT2D eigenvalue weighted by Gasteiger charge is 2.04. The van der Waals surface area contributed by atoms with Crippen LogP contribution in [0.3, 0.4) is 0 Å². The van der Waals surface area contributed by atoms with Crippen LogP contribution in [0.4, 0.5) is 5.13 Å². The molecule has 0 aliphatic rings. The minimum Gasteiger partial charge on any atom is -0.359 e. The molecule has 0 radical (unpaired) electrons. The third-order valence-electron chi connectivity index (χ3n) is 1.15. The topological polar surface area (TPSA) is 24.9 Å². The molecule has 0 aliphatic carbocycles. The maximum absolute atomic E-state index is 4.31. The van der Waals surface area contributed by atoms with E-state index in [0.29, 0.717) is 6.04 Å². The first-order valence-corrected chi connectivity index (χ1v) is 5.10. The van der Waals surface area contributed by atoms with E-state index in [1.165, 1.54) is 0 Å². The van der Waals surface area contributed by atoms with Crippen LogP contribution in [0.25, 0.3) is 0 Å². The van der Waals surface area contributed by atoms with Crippen molar-refractivity contribution in [2.75, 3.05) is 5.32 Å². The molecule has 11 heavy (non-hydrogen) atoms. The van der Waals surface area contributed by atoms with E-state index in [-0.39, 0.29) is 0 Å². The molecular weight excluding hydrogens is 224 g/mol. The number of aromatic nitrogens is 1. The second kappa shape index (κ2) is 3.54. The van der Waals surface area contributed by atoms with E-state index >= 15 is 0 Å². The molecule has 0 atom stereocenters. The van der Waals surface area contributed by atoms with Gasteiger partial charge in [0.1, 0.15) is 0 Å². The van der Waals surface area contributed by atoms with Crippen molar-refractivity contribution in [1.29, 1.82) is 0 Å². The lowest BCUT2D eigenvalue weighted by molar-refractivity contribution is 0.895. The van der Waals surface area contributed by atoms with E-state index in [1.54, 1.807) is 11.3 Å². The molecular formula is C7H11BrN2S. The van der Waals surface area contributed by atoms with Crippen LogP contribution in [-0.2, 0) is 0 Å². The molecule has 0 saturated heterocycles. The minimum atomic E-state index is 0.451. The molecule has 0 spiro atoms. The SMILES string of the molecule is Cc1nc(NC(C)C)sc1Br. The second-order valence-corrected chi connectivity index (χ2v) is 4.99. The van der Waals surface area contributed by atoms with Gasteiger partial charge < -0.3 is 5.32 Å². The lowest BCUT2D eigenvalue weighted by Crippen LogP contribution is -2.08. The zero-order valence-corrected chi connectivity index (χ0v) is 9.21. The predicted molar refractivity (Wildman–Crippen MR) is 53.3 cm³/mol. The lowest BCUT2D eigenvalue weighted by atomic mass is 10.4. The summed E-state index contributed by atoms with van der Waals surface area (Å²) in [6, 6.07) is 0.451. The van der Waals surface area contributed by atoms with Crippen LogP contribution >= 0.6 is 27.3 Å². The molecule has 0 bridgehead atoms. The van der Waals surface area contributed by atoms with Crippen molar-refractivity contribution in [1.82, 2.24) is 4.98 Å². The van der Waals surface area contributed by atoms with Crippen LogP contribution < -0.4 is 5.32 Å². The van der Waals surface area contributed by atoms with Crippen molar-refractivity contribution >= 4 is 32.4 Å². The minimum absolute atomic E-state index is 0.451. The summed E-state index contributed by atoms with van der Waals surface area (Å²) in [7, 11) is 0. The Balaban J connectivity index is 2.73. The molecule has 4 heteroatoms. The summed E-state index contributed by atoms with van der Waals surface area (Å²) in [6.45, 7) is 6.20. The van der Waals surface area contributed by atoms with Crippen molar-refractivity contribution in [2.24, 2.45) is 0 Å². The van der Waals surface area contributed by atoms with Crippen LogP contribution in [0.2, 0.25) is 0 Å². The van der Waals surface area contributed by atoms with Crippen LogP contribution in [0.15, 0.2) is 3.79 Å². The Kier molecular flexibility index (Phi) is 2.90. The molecule has 0 aromatic carbocycles. The fraction of sp³-hybridized carbons (Fsp3) is 0.571. The summed E-state index contributed by atoms with van der Waals surface area (Å²) in [5, 5.41) is 4.23. The molecule has 1 N–H and O–H groups in total. The van der Waals surface area contributed by atoms with E-state index in [2.05, 4.69) is 40.1 Å². The fourth-order valence-electron chi connectivity index (χ4n) is 0.687. The number of aryl methyl sites for hydroxylation is 1. The van der Waals surface area contributed by atoms with Gasteiger partial charge in [-0.2, -0.15) is 0 Å². The van der Waals surface area contributed by atoms with Gasteiger partial charge in [0.2, 0.25) is 0 Å². The molecule has 0 aliphatic heterocycles. The van der Waals surface area contributed by atoms with E-state index in [4.69, 9.17) is 0 Å². The number of halogens is 1. The molecule has 0 amide bonds. The van der Waals surface area contributed by atoms with Gasteiger partial charge in [0.25, 0.3) is 0 Å². The molecule has 1 aromatic heterocycles. The standard InChI is InChI=1S/C7H11BrN2S/c1-4(2)9-7-10-5(3)6(8)11-7/h4H,1-3H3,(H,9,10). The monoisotopic (exact) mass is 234 g/mol. The lowest BCUT2D eigenvalue weighted by Gasteiger charge is -2.03. The summed E-state index contributed by atoms with van der Waals surface area (Å²) >= 11 is 5.06. The Bertz CT molecular complexity index is 225. The second-order valence-electron chi connectivity index (χ2n) is 2.68. The third kappa shape index (κ3) is 2.45. The number of rotatable bonds is 2. The van der Waals surface area contributed by atoms with E-state index in [1.807, 2.05) is 6.92 Å². The Labute approximate surface area is 79.2 Å². The van der Waals surface area contributed by atoms with Crippen molar-refractivity contribution in [3.05, 3.63) is 9.48 Å². The first-order chi connectivity index (χ1) is 5.09. The zero-order valence-electron chi connectivity index (χ0n) is 6.81. The molecule has 2 nitrogen and oxygen atoms in total. The van der Waals surface area contributed by atoms with Crippen molar-refractivity contribution in [2.45, 2.75) is 26.8 Å². The van der Waals surface area contributed by atoms with Crippen LogP contribution in [0, 0.1) is 6.92 Å². The molecule has 0 fully saturated rings. The number of hydrogen-bond acceptors (Lipinski definition) is 3. The third-order valence-corrected chi connectivity index (χ3v) is 3.09. The van der Waals surface area contributed by atoms with Gasteiger partial charge in [0.15, 0.2) is 5.13 Å². The number of nitrogens with zero attached hydrogens (tertiary/aromatic N) is 1. The van der Waals surface area contributed by atoms with Gasteiger partial charge in [0.05, 0.1) is 9.48 Å². The van der Waals surface area contributed by atoms with Gasteiger partial charge in [-0.3, -0.25) is 0 Å². The largest absolute Gasteiger partial charge is 0.359 e. The quantitative estimate of drug-likeness (QED) is 0.852. The molecule has 1 heterocycles. The van der Waals surface area contributed by atoms with Crippen molar-refractivity contribution < 1.29 is 0 Å². The molecule has 62 valence electrons. The Morgan fingerprint density at radius 1 is 1.55 bits per heavy atom. The van der Waals surface area contributed by atoms with E-state index < -0.39 is 0 Å². The highest BCUT2D eigenvalue weighted by molar-refractivity contribution is 9.11. The highest BCUT2D eigenvalue weighted by Crippen LogP contribution is 2.27. The smallest absolute Gasteiger partial charge is 0.184 e.